The lowest BCUT2D eigenvalue weighted by Crippen LogP contribution is -2.37. The molecule has 0 bridgehead atoms. The molecule has 1 N–H and O–H groups in total. The molecule has 8 heteroatoms. The summed E-state index contributed by atoms with van der Waals surface area (Å²) in [6.07, 6.45) is -5.93. The molecule has 1 aliphatic rings. The molecule has 1 saturated heterocycles. The number of rotatable bonds is 2. The Hall–Kier alpha value is -0.790. The van der Waals surface area contributed by atoms with Crippen LogP contribution in [0.5, 0.6) is 0 Å². The summed E-state index contributed by atoms with van der Waals surface area (Å²) in [5.41, 5.74) is 0. The molecule has 0 spiro atoms. The van der Waals surface area contributed by atoms with Crippen LogP contribution in [0.4, 0.5) is 13.2 Å². The third kappa shape index (κ3) is 4.50. The molecule has 1 atom stereocenters. The first-order chi connectivity index (χ1) is 6.68. The zero-order chi connectivity index (χ0) is 11.7. The van der Waals surface area contributed by atoms with Gasteiger partial charge in [0.05, 0.1) is 11.5 Å². The van der Waals surface area contributed by atoms with Crippen LogP contribution in [0.1, 0.15) is 12.8 Å². The van der Waals surface area contributed by atoms with Gasteiger partial charge in [0.1, 0.15) is 6.42 Å². The summed E-state index contributed by atoms with van der Waals surface area (Å²) < 4.78 is 57.1. The van der Waals surface area contributed by atoms with Crippen molar-refractivity contribution in [2.75, 3.05) is 11.5 Å². The Balaban J connectivity index is 2.41. The maximum absolute atomic E-state index is 11.8. The fraction of sp³-hybridized carbons (Fsp3) is 0.857. The highest BCUT2D eigenvalue weighted by atomic mass is 32.2. The minimum Gasteiger partial charge on any atom is -0.352 e. The molecule has 1 heterocycles. The van der Waals surface area contributed by atoms with Crippen LogP contribution in [-0.4, -0.2) is 38.0 Å². The molecule has 0 aromatic carbocycles. The van der Waals surface area contributed by atoms with Crippen LogP contribution in [-0.2, 0) is 14.6 Å². The van der Waals surface area contributed by atoms with E-state index in [0.29, 0.717) is 0 Å². The van der Waals surface area contributed by atoms with Crippen molar-refractivity contribution in [2.24, 2.45) is 0 Å². The summed E-state index contributed by atoms with van der Waals surface area (Å²) in [5, 5.41) is 2.05. The Morgan fingerprint density at radius 2 is 2.00 bits per heavy atom. The summed E-state index contributed by atoms with van der Waals surface area (Å²) in [6.45, 7) is 0. The Bertz CT molecular complexity index is 349. The van der Waals surface area contributed by atoms with Crippen LogP contribution in [0.25, 0.3) is 0 Å². The summed E-state index contributed by atoms with van der Waals surface area (Å²) >= 11 is 0. The minimum absolute atomic E-state index is 0.0794. The van der Waals surface area contributed by atoms with Gasteiger partial charge in [0.25, 0.3) is 0 Å². The largest absolute Gasteiger partial charge is 0.397 e. The highest BCUT2D eigenvalue weighted by Crippen LogP contribution is 2.19. The quantitative estimate of drug-likeness (QED) is 0.758. The van der Waals surface area contributed by atoms with Crippen molar-refractivity contribution in [3.8, 4) is 0 Å². The third-order valence-corrected chi connectivity index (χ3v) is 3.73. The number of alkyl halides is 3. The van der Waals surface area contributed by atoms with E-state index in [2.05, 4.69) is 5.32 Å². The standard InChI is InChI=1S/C7H10F3NO3S/c8-7(9,10)3-6(12)11-5-1-2-15(13,14)4-5/h5H,1-4H2,(H,11,12)/t5-/m0/s1. The lowest BCUT2D eigenvalue weighted by atomic mass is 10.2. The Morgan fingerprint density at radius 1 is 1.40 bits per heavy atom. The average molecular weight is 245 g/mol. The molecule has 1 rings (SSSR count). The Labute approximate surface area is 84.8 Å². The van der Waals surface area contributed by atoms with Crippen molar-refractivity contribution >= 4 is 15.7 Å². The van der Waals surface area contributed by atoms with Gasteiger partial charge in [-0.15, -0.1) is 0 Å². The molecule has 0 aliphatic carbocycles. The SMILES string of the molecule is O=C(CC(F)(F)F)N[C@H]1CCS(=O)(=O)C1. The van der Waals surface area contributed by atoms with Gasteiger partial charge in [-0.3, -0.25) is 4.79 Å². The van der Waals surface area contributed by atoms with Crippen LogP contribution >= 0.6 is 0 Å². The first-order valence-corrected chi connectivity index (χ1v) is 6.07. The van der Waals surface area contributed by atoms with E-state index in [1.165, 1.54) is 0 Å². The van der Waals surface area contributed by atoms with Gasteiger partial charge in [-0.05, 0) is 6.42 Å². The van der Waals surface area contributed by atoms with E-state index in [1.807, 2.05) is 0 Å². The van der Waals surface area contributed by atoms with Gasteiger partial charge in [0.2, 0.25) is 5.91 Å². The van der Waals surface area contributed by atoms with E-state index in [9.17, 15) is 26.4 Å². The van der Waals surface area contributed by atoms with Crippen LogP contribution in [0.2, 0.25) is 0 Å². The lowest BCUT2D eigenvalue weighted by Gasteiger charge is -2.11. The van der Waals surface area contributed by atoms with Gasteiger partial charge in [0, 0.05) is 6.04 Å². The zero-order valence-corrected chi connectivity index (χ0v) is 8.49. The van der Waals surface area contributed by atoms with E-state index in [-0.39, 0.29) is 17.9 Å². The van der Waals surface area contributed by atoms with E-state index >= 15 is 0 Å². The van der Waals surface area contributed by atoms with Gasteiger partial charge in [0.15, 0.2) is 9.84 Å². The highest BCUT2D eigenvalue weighted by molar-refractivity contribution is 7.91. The average Bonchev–Trinajstić information content (AvgIpc) is 2.25. The van der Waals surface area contributed by atoms with Gasteiger partial charge in [-0.2, -0.15) is 13.2 Å². The fourth-order valence-corrected chi connectivity index (χ4v) is 3.04. The number of nitrogens with one attached hydrogen (secondary N) is 1. The number of amides is 1. The number of halogens is 3. The molecule has 0 radical (unpaired) electrons. The molecule has 88 valence electrons. The van der Waals surface area contributed by atoms with Gasteiger partial charge < -0.3 is 5.32 Å². The number of carbonyl (C=O) groups excluding carboxylic acids is 1. The van der Waals surface area contributed by atoms with Gasteiger partial charge in [-0.1, -0.05) is 0 Å². The van der Waals surface area contributed by atoms with E-state index < -0.39 is 34.4 Å². The molecular formula is C7H10F3NO3S. The second kappa shape index (κ2) is 3.99. The first kappa shape index (κ1) is 12.3. The van der Waals surface area contributed by atoms with E-state index in [0.717, 1.165) is 0 Å². The Morgan fingerprint density at radius 3 is 2.40 bits per heavy atom. The monoisotopic (exact) mass is 245 g/mol. The Kier molecular flexibility index (Phi) is 3.27. The third-order valence-electron chi connectivity index (χ3n) is 1.96. The van der Waals surface area contributed by atoms with Crippen LogP contribution in [0, 0.1) is 0 Å². The van der Waals surface area contributed by atoms with Crippen molar-refractivity contribution in [2.45, 2.75) is 25.1 Å². The minimum atomic E-state index is -4.55. The predicted molar refractivity (Wildman–Crippen MR) is 45.9 cm³/mol. The maximum Gasteiger partial charge on any atom is 0.397 e. The van der Waals surface area contributed by atoms with E-state index in [1.54, 1.807) is 0 Å². The number of hydrogen-bond acceptors (Lipinski definition) is 3. The normalized spacial score (nSPS) is 25.1. The summed E-state index contributed by atoms with van der Waals surface area (Å²) in [6, 6.07) is -0.676. The molecule has 4 nitrogen and oxygen atoms in total. The van der Waals surface area contributed by atoms with Crippen molar-refractivity contribution in [3.05, 3.63) is 0 Å². The maximum atomic E-state index is 11.8. The van der Waals surface area contributed by atoms with Crippen LogP contribution in [0.3, 0.4) is 0 Å². The molecule has 0 aromatic rings. The van der Waals surface area contributed by atoms with Crippen molar-refractivity contribution in [1.29, 1.82) is 0 Å². The second-order valence-corrected chi connectivity index (χ2v) is 5.69. The second-order valence-electron chi connectivity index (χ2n) is 3.46. The summed E-state index contributed by atoms with van der Waals surface area (Å²) in [4.78, 5) is 10.8. The molecule has 15 heavy (non-hydrogen) atoms. The molecule has 0 aromatic heterocycles. The number of sulfone groups is 1. The summed E-state index contributed by atoms with van der Waals surface area (Å²) in [5.74, 6) is -1.52. The lowest BCUT2D eigenvalue weighted by molar-refractivity contribution is -0.154. The van der Waals surface area contributed by atoms with E-state index in [4.69, 9.17) is 0 Å². The topological polar surface area (TPSA) is 63.2 Å². The highest BCUT2D eigenvalue weighted by Gasteiger charge is 2.34. The summed E-state index contributed by atoms with van der Waals surface area (Å²) in [7, 11) is -3.18. The van der Waals surface area contributed by atoms with Crippen LogP contribution < -0.4 is 5.32 Å². The van der Waals surface area contributed by atoms with Gasteiger partial charge in [-0.25, -0.2) is 8.42 Å². The first-order valence-electron chi connectivity index (χ1n) is 4.24. The smallest absolute Gasteiger partial charge is 0.352 e. The molecule has 0 unspecified atom stereocenters. The zero-order valence-electron chi connectivity index (χ0n) is 7.67. The molecule has 1 aliphatic heterocycles. The van der Waals surface area contributed by atoms with Crippen molar-refractivity contribution in [1.82, 2.24) is 5.32 Å². The van der Waals surface area contributed by atoms with Crippen molar-refractivity contribution < 1.29 is 26.4 Å². The molecule has 0 saturated carbocycles. The fourth-order valence-electron chi connectivity index (χ4n) is 1.37. The molecular weight excluding hydrogens is 235 g/mol. The predicted octanol–water partition coefficient (Wildman–Crippen LogP) is 0.242. The van der Waals surface area contributed by atoms with Gasteiger partial charge >= 0.3 is 6.18 Å². The van der Waals surface area contributed by atoms with Crippen LogP contribution in [0.15, 0.2) is 0 Å². The molecule has 1 fully saturated rings. The molecule has 1 amide bonds. The van der Waals surface area contributed by atoms with Crippen molar-refractivity contribution in [3.63, 3.8) is 0 Å². The number of hydrogen-bond donors (Lipinski definition) is 1. The number of carbonyl (C=O) groups is 1.